The first-order valence-electron chi connectivity index (χ1n) is 8.04. The number of hydrogen-bond donors (Lipinski definition) is 1. The van der Waals surface area contributed by atoms with Crippen LogP contribution in [0.5, 0.6) is 5.75 Å². The molecule has 1 heterocycles. The summed E-state index contributed by atoms with van der Waals surface area (Å²) in [6, 6.07) is 13.3. The molecule has 0 radical (unpaired) electrons. The van der Waals surface area contributed by atoms with Gasteiger partial charge in [0.2, 0.25) is 11.5 Å². The highest BCUT2D eigenvalue weighted by Gasteiger charge is 2.16. The molecule has 2 aromatic carbocycles. The summed E-state index contributed by atoms with van der Waals surface area (Å²) >= 11 is 0.193. The smallest absolute Gasteiger partial charge is 0.205 e. The zero-order valence-electron chi connectivity index (χ0n) is 14.8. The van der Waals surface area contributed by atoms with Crippen molar-refractivity contribution in [3.05, 3.63) is 59.3 Å². The number of ether oxygens (including phenoxy) is 1. The molecule has 0 atom stereocenters. The van der Waals surface area contributed by atoms with Gasteiger partial charge in [-0.1, -0.05) is 6.07 Å². The number of aliphatic hydroxyl groups is 1. The van der Waals surface area contributed by atoms with E-state index >= 15 is 0 Å². The van der Waals surface area contributed by atoms with Crippen LogP contribution in [-0.4, -0.2) is 26.2 Å². The standard InChI is InChI=1S/C19H19N3O3S/c1-12-4-9-17(13(2)19(12)21-26-24)22-18(10-15(11-23)20-22)14-5-7-16(25-3)8-6-14/h4-10,23H,11H2,1-3H3. The van der Waals surface area contributed by atoms with Gasteiger partial charge >= 0.3 is 0 Å². The quantitative estimate of drug-likeness (QED) is 0.744. The number of aromatic nitrogens is 2. The maximum Gasteiger partial charge on any atom is 0.205 e. The van der Waals surface area contributed by atoms with Gasteiger partial charge in [-0.15, -0.1) is 0 Å². The van der Waals surface area contributed by atoms with Crippen LogP contribution in [0.3, 0.4) is 0 Å². The Balaban J connectivity index is 2.21. The van der Waals surface area contributed by atoms with Crippen molar-refractivity contribution in [2.75, 3.05) is 7.11 Å². The van der Waals surface area contributed by atoms with E-state index in [1.54, 1.807) is 11.8 Å². The number of benzene rings is 2. The van der Waals surface area contributed by atoms with Crippen molar-refractivity contribution >= 4 is 17.2 Å². The van der Waals surface area contributed by atoms with Crippen molar-refractivity contribution < 1.29 is 14.1 Å². The minimum Gasteiger partial charge on any atom is -0.497 e. The van der Waals surface area contributed by atoms with Crippen LogP contribution in [0.15, 0.2) is 46.8 Å². The van der Waals surface area contributed by atoms with E-state index in [0.29, 0.717) is 11.4 Å². The highest BCUT2D eigenvalue weighted by molar-refractivity contribution is 7.54. The summed E-state index contributed by atoms with van der Waals surface area (Å²) in [6.45, 7) is 3.67. The summed E-state index contributed by atoms with van der Waals surface area (Å²) < 4.78 is 21.9. The van der Waals surface area contributed by atoms with Gasteiger partial charge in [0, 0.05) is 11.1 Å². The number of hydrogen-bond acceptors (Lipinski definition) is 5. The first kappa shape index (κ1) is 18.0. The van der Waals surface area contributed by atoms with Gasteiger partial charge in [0.25, 0.3) is 0 Å². The van der Waals surface area contributed by atoms with Gasteiger partial charge in [-0.05, 0) is 55.8 Å². The molecule has 1 N–H and O–H groups in total. The highest BCUT2D eigenvalue weighted by atomic mass is 32.1. The average Bonchev–Trinajstić information content (AvgIpc) is 3.09. The monoisotopic (exact) mass is 369 g/mol. The second kappa shape index (κ2) is 7.63. The molecule has 0 amide bonds. The van der Waals surface area contributed by atoms with Crippen molar-refractivity contribution in [3.63, 3.8) is 0 Å². The molecule has 1 aromatic heterocycles. The lowest BCUT2D eigenvalue weighted by atomic mass is 10.1. The molecular weight excluding hydrogens is 350 g/mol. The lowest BCUT2D eigenvalue weighted by Gasteiger charge is -2.13. The summed E-state index contributed by atoms with van der Waals surface area (Å²) in [4.78, 5) is 0. The molecule has 0 fully saturated rings. The van der Waals surface area contributed by atoms with Crippen LogP contribution < -0.4 is 4.74 Å². The molecule has 0 saturated carbocycles. The summed E-state index contributed by atoms with van der Waals surface area (Å²) in [6.07, 6.45) is 0. The summed E-state index contributed by atoms with van der Waals surface area (Å²) in [5.41, 5.74) is 5.59. The van der Waals surface area contributed by atoms with Gasteiger partial charge in [0.15, 0.2) is 0 Å². The Labute approximate surface area is 155 Å². The van der Waals surface area contributed by atoms with Crippen molar-refractivity contribution in [1.82, 2.24) is 9.78 Å². The molecule has 7 heteroatoms. The Bertz CT molecular complexity index is 990. The number of methoxy groups -OCH3 is 1. The van der Waals surface area contributed by atoms with Gasteiger partial charge in [0.05, 0.1) is 36.5 Å². The van der Waals surface area contributed by atoms with Crippen LogP contribution in [0.4, 0.5) is 5.69 Å². The van der Waals surface area contributed by atoms with E-state index in [2.05, 4.69) is 9.46 Å². The highest BCUT2D eigenvalue weighted by Crippen LogP contribution is 2.32. The lowest BCUT2D eigenvalue weighted by molar-refractivity contribution is 0.276. The normalized spacial score (nSPS) is 10.6. The van der Waals surface area contributed by atoms with Crippen molar-refractivity contribution in [2.24, 2.45) is 4.36 Å². The zero-order chi connectivity index (χ0) is 18.7. The Kier molecular flexibility index (Phi) is 5.29. The van der Waals surface area contributed by atoms with Crippen LogP contribution >= 0.6 is 0 Å². The van der Waals surface area contributed by atoms with Gasteiger partial charge < -0.3 is 9.84 Å². The zero-order valence-corrected chi connectivity index (χ0v) is 15.6. The Morgan fingerprint density at radius 3 is 2.54 bits per heavy atom. The van der Waals surface area contributed by atoms with E-state index in [1.165, 1.54) is 0 Å². The van der Waals surface area contributed by atoms with Crippen LogP contribution in [0, 0.1) is 13.8 Å². The fraction of sp³-hybridized carbons (Fsp3) is 0.211. The van der Waals surface area contributed by atoms with Crippen molar-refractivity contribution in [2.45, 2.75) is 20.5 Å². The van der Waals surface area contributed by atoms with Crippen LogP contribution in [-0.2, 0) is 18.1 Å². The van der Waals surface area contributed by atoms with Crippen molar-refractivity contribution in [3.8, 4) is 22.7 Å². The lowest BCUT2D eigenvalue weighted by Crippen LogP contribution is -2.03. The minimum absolute atomic E-state index is 0.158. The largest absolute Gasteiger partial charge is 0.497 e. The third-order valence-corrected chi connectivity index (χ3v) is 4.53. The molecule has 0 aliphatic carbocycles. The maximum absolute atomic E-state index is 10.9. The van der Waals surface area contributed by atoms with Crippen LogP contribution in [0.25, 0.3) is 16.9 Å². The third-order valence-electron chi connectivity index (χ3n) is 4.27. The Morgan fingerprint density at radius 1 is 1.19 bits per heavy atom. The van der Waals surface area contributed by atoms with Crippen LogP contribution in [0.1, 0.15) is 16.8 Å². The van der Waals surface area contributed by atoms with E-state index < -0.39 is 0 Å². The van der Waals surface area contributed by atoms with E-state index in [9.17, 15) is 9.32 Å². The summed E-state index contributed by atoms with van der Waals surface area (Å²) in [5.74, 6) is 0.766. The Hall–Kier alpha value is -2.77. The summed E-state index contributed by atoms with van der Waals surface area (Å²) in [7, 11) is 1.62. The van der Waals surface area contributed by atoms with E-state index in [1.807, 2.05) is 56.3 Å². The third kappa shape index (κ3) is 3.31. The maximum atomic E-state index is 10.9. The molecule has 0 aliphatic heterocycles. The van der Waals surface area contributed by atoms with Gasteiger partial charge in [-0.25, -0.2) is 4.68 Å². The molecular formula is C19H19N3O3S. The molecule has 0 aliphatic rings. The SMILES string of the molecule is COc1ccc(-c2cc(CO)nn2-c2ccc(C)c(N=S=O)c2C)cc1. The van der Waals surface area contributed by atoms with Gasteiger partial charge in [-0.3, -0.25) is 0 Å². The van der Waals surface area contributed by atoms with E-state index in [0.717, 1.165) is 33.8 Å². The molecule has 0 unspecified atom stereocenters. The number of nitrogens with zero attached hydrogens (tertiary/aromatic N) is 3. The molecule has 0 saturated heterocycles. The molecule has 3 rings (SSSR count). The van der Waals surface area contributed by atoms with Crippen molar-refractivity contribution in [1.29, 1.82) is 0 Å². The first-order chi connectivity index (χ1) is 12.6. The van der Waals surface area contributed by atoms with Gasteiger partial charge in [-0.2, -0.15) is 13.7 Å². The summed E-state index contributed by atoms with van der Waals surface area (Å²) in [5, 5.41) is 14.1. The fourth-order valence-corrected chi connectivity index (χ4v) is 3.25. The average molecular weight is 369 g/mol. The van der Waals surface area contributed by atoms with Gasteiger partial charge in [0.1, 0.15) is 5.75 Å². The molecule has 26 heavy (non-hydrogen) atoms. The van der Waals surface area contributed by atoms with E-state index in [4.69, 9.17) is 4.74 Å². The molecule has 3 aromatic rings. The molecule has 6 nitrogen and oxygen atoms in total. The van der Waals surface area contributed by atoms with E-state index in [-0.39, 0.29) is 18.1 Å². The topological polar surface area (TPSA) is 76.7 Å². The van der Waals surface area contributed by atoms with Crippen LogP contribution in [0.2, 0.25) is 0 Å². The fourth-order valence-electron chi connectivity index (χ4n) is 2.89. The Morgan fingerprint density at radius 2 is 1.92 bits per heavy atom. The number of aryl methyl sites for hydroxylation is 1. The second-order valence-electron chi connectivity index (χ2n) is 5.86. The predicted octanol–water partition coefficient (Wildman–Crippen LogP) is 3.69. The number of aliphatic hydroxyl groups excluding tert-OH is 1. The first-order valence-corrected chi connectivity index (χ1v) is 8.73. The molecule has 0 bridgehead atoms. The predicted molar refractivity (Wildman–Crippen MR) is 101 cm³/mol. The number of rotatable bonds is 5. The minimum atomic E-state index is -0.158. The molecule has 0 spiro atoms. The molecule has 134 valence electrons. The second-order valence-corrected chi connectivity index (χ2v) is 6.19.